The lowest BCUT2D eigenvalue weighted by molar-refractivity contribution is 0.0724. The quantitative estimate of drug-likeness (QED) is 0.268. The Morgan fingerprint density at radius 2 is 1.79 bits per heavy atom. The summed E-state index contributed by atoms with van der Waals surface area (Å²) in [6.45, 7) is 0.403. The third-order valence-electron chi connectivity index (χ3n) is 4.20. The van der Waals surface area contributed by atoms with Crippen LogP contribution in [-0.2, 0) is 6.42 Å². The van der Waals surface area contributed by atoms with Crippen molar-refractivity contribution >= 4 is 28.2 Å². The SMILES string of the molecule is COc1cccc(C=O)c1OC(=O)c1cc(Br)ccc1OCCc1ccccc1. The zero-order valence-corrected chi connectivity index (χ0v) is 17.3. The molecule has 0 aliphatic carbocycles. The first-order valence-electron chi connectivity index (χ1n) is 8.93. The summed E-state index contributed by atoms with van der Waals surface area (Å²) in [6.07, 6.45) is 1.32. The lowest BCUT2D eigenvalue weighted by Crippen LogP contribution is -2.13. The van der Waals surface area contributed by atoms with Crippen molar-refractivity contribution in [3.8, 4) is 17.2 Å². The summed E-state index contributed by atoms with van der Waals surface area (Å²) in [7, 11) is 1.44. The summed E-state index contributed by atoms with van der Waals surface area (Å²) < 4.78 is 17.3. The highest BCUT2D eigenvalue weighted by Gasteiger charge is 2.20. The van der Waals surface area contributed by atoms with E-state index in [1.54, 1.807) is 36.4 Å². The summed E-state index contributed by atoms with van der Waals surface area (Å²) in [6, 6.07) is 19.9. The molecule has 0 unspecified atom stereocenters. The Balaban J connectivity index is 1.80. The van der Waals surface area contributed by atoms with E-state index in [4.69, 9.17) is 14.2 Å². The van der Waals surface area contributed by atoms with Gasteiger partial charge >= 0.3 is 5.97 Å². The van der Waals surface area contributed by atoms with E-state index in [1.807, 2.05) is 30.3 Å². The fourth-order valence-corrected chi connectivity index (χ4v) is 3.12. The molecule has 3 rings (SSSR count). The Morgan fingerprint density at radius 3 is 2.52 bits per heavy atom. The Bertz CT molecular complexity index is 1000. The molecule has 0 spiro atoms. The van der Waals surface area contributed by atoms with Crippen molar-refractivity contribution in [2.75, 3.05) is 13.7 Å². The maximum Gasteiger partial charge on any atom is 0.347 e. The molecule has 0 aromatic heterocycles. The molecule has 6 heteroatoms. The summed E-state index contributed by atoms with van der Waals surface area (Å²) in [5, 5.41) is 0. The Hall–Kier alpha value is -3.12. The van der Waals surface area contributed by atoms with Gasteiger partial charge in [0.2, 0.25) is 0 Å². The second-order valence-electron chi connectivity index (χ2n) is 6.11. The van der Waals surface area contributed by atoms with E-state index in [1.165, 1.54) is 7.11 Å². The van der Waals surface area contributed by atoms with Crippen molar-refractivity contribution in [1.82, 2.24) is 0 Å². The van der Waals surface area contributed by atoms with Crippen molar-refractivity contribution in [3.63, 3.8) is 0 Å². The molecule has 0 saturated carbocycles. The van der Waals surface area contributed by atoms with Gasteiger partial charge in [0.25, 0.3) is 0 Å². The van der Waals surface area contributed by atoms with Gasteiger partial charge in [0.1, 0.15) is 11.3 Å². The van der Waals surface area contributed by atoms with Gasteiger partial charge in [0.05, 0.1) is 19.3 Å². The molecule has 0 aliphatic rings. The number of hydrogen-bond donors (Lipinski definition) is 0. The molecular formula is C23H19BrO5. The fraction of sp³-hybridized carbons (Fsp3) is 0.130. The number of methoxy groups -OCH3 is 1. The zero-order valence-electron chi connectivity index (χ0n) is 15.8. The van der Waals surface area contributed by atoms with Crippen LogP contribution < -0.4 is 14.2 Å². The monoisotopic (exact) mass is 454 g/mol. The number of ether oxygens (including phenoxy) is 3. The topological polar surface area (TPSA) is 61.8 Å². The molecule has 0 aliphatic heterocycles. The van der Waals surface area contributed by atoms with Gasteiger partial charge in [-0.15, -0.1) is 0 Å². The molecule has 0 atom stereocenters. The Morgan fingerprint density at radius 1 is 1.00 bits per heavy atom. The molecule has 0 saturated heterocycles. The number of halogens is 1. The van der Waals surface area contributed by atoms with Gasteiger partial charge < -0.3 is 14.2 Å². The first kappa shape index (κ1) is 20.6. The third kappa shape index (κ3) is 5.23. The van der Waals surface area contributed by atoms with E-state index in [-0.39, 0.29) is 16.9 Å². The van der Waals surface area contributed by atoms with Crippen LogP contribution in [0.15, 0.2) is 71.2 Å². The van der Waals surface area contributed by atoms with Gasteiger partial charge in [0.15, 0.2) is 17.8 Å². The summed E-state index contributed by atoms with van der Waals surface area (Å²) in [5.74, 6) is 0.125. The number of esters is 1. The van der Waals surface area contributed by atoms with E-state index in [0.29, 0.717) is 35.3 Å². The smallest absolute Gasteiger partial charge is 0.347 e. The van der Waals surface area contributed by atoms with Crippen molar-refractivity contribution in [2.24, 2.45) is 0 Å². The first-order chi connectivity index (χ1) is 14.1. The number of carbonyl (C=O) groups excluding carboxylic acids is 2. The van der Waals surface area contributed by atoms with Crippen LogP contribution in [0, 0.1) is 0 Å². The standard InChI is InChI=1S/C23H19BrO5/c1-27-21-9-5-8-17(15-25)22(21)29-23(26)19-14-18(24)10-11-20(19)28-13-12-16-6-3-2-4-7-16/h2-11,14-15H,12-13H2,1H3. The summed E-state index contributed by atoms with van der Waals surface area (Å²) in [5.41, 5.74) is 1.60. The average Bonchev–Trinajstić information content (AvgIpc) is 2.75. The van der Waals surface area contributed by atoms with Crippen LogP contribution in [0.2, 0.25) is 0 Å². The van der Waals surface area contributed by atoms with Crippen LogP contribution >= 0.6 is 15.9 Å². The predicted octanol–water partition coefficient (Wildman–Crippen LogP) is 5.11. The molecule has 29 heavy (non-hydrogen) atoms. The second kappa shape index (κ2) is 9.89. The van der Waals surface area contributed by atoms with Crippen molar-refractivity contribution in [2.45, 2.75) is 6.42 Å². The van der Waals surface area contributed by atoms with Crippen LogP contribution in [0.3, 0.4) is 0 Å². The van der Waals surface area contributed by atoms with Crippen molar-refractivity contribution < 1.29 is 23.8 Å². The number of aldehydes is 1. The maximum atomic E-state index is 12.9. The Labute approximate surface area is 177 Å². The first-order valence-corrected chi connectivity index (χ1v) is 9.72. The van der Waals surface area contributed by atoms with Crippen LogP contribution in [0.5, 0.6) is 17.2 Å². The lowest BCUT2D eigenvalue weighted by Gasteiger charge is -2.14. The van der Waals surface area contributed by atoms with Crippen molar-refractivity contribution in [1.29, 1.82) is 0 Å². The molecule has 5 nitrogen and oxygen atoms in total. The molecule has 3 aromatic carbocycles. The summed E-state index contributed by atoms with van der Waals surface area (Å²) >= 11 is 3.37. The van der Waals surface area contributed by atoms with Crippen molar-refractivity contribution in [3.05, 3.63) is 87.9 Å². The van der Waals surface area contributed by atoms with Crippen LogP contribution in [-0.4, -0.2) is 26.0 Å². The molecule has 148 valence electrons. The zero-order chi connectivity index (χ0) is 20.6. The third-order valence-corrected chi connectivity index (χ3v) is 4.70. The van der Waals surface area contributed by atoms with E-state index in [9.17, 15) is 9.59 Å². The van der Waals surface area contributed by atoms with Gasteiger partial charge in [-0.05, 0) is 35.9 Å². The van der Waals surface area contributed by atoms with E-state index < -0.39 is 5.97 Å². The van der Waals surface area contributed by atoms with E-state index >= 15 is 0 Å². The minimum Gasteiger partial charge on any atom is -0.493 e. The largest absolute Gasteiger partial charge is 0.493 e. The van der Waals surface area contributed by atoms with Crippen LogP contribution in [0.4, 0.5) is 0 Å². The minimum atomic E-state index is -0.645. The molecule has 3 aromatic rings. The highest BCUT2D eigenvalue weighted by atomic mass is 79.9. The highest BCUT2D eigenvalue weighted by Crippen LogP contribution is 2.32. The molecule has 0 radical (unpaired) electrons. The van der Waals surface area contributed by atoms with Crippen LogP contribution in [0.1, 0.15) is 26.3 Å². The number of carbonyl (C=O) groups is 2. The van der Waals surface area contributed by atoms with Gasteiger partial charge in [0, 0.05) is 10.9 Å². The molecule has 0 fully saturated rings. The highest BCUT2D eigenvalue weighted by molar-refractivity contribution is 9.10. The molecule has 0 N–H and O–H groups in total. The maximum absolute atomic E-state index is 12.9. The lowest BCUT2D eigenvalue weighted by atomic mass is 10.1. The van der Waals surface area contributed by atoms with Gasteiger partial charge in [-0.25, -0.2) is 4.79 Å². The van der Waals surface area contributed by atoms with Gasteiger partial charge in [-0.1, -0.05) is 52.3 Å². The number of para-hydroxylation sites is 1. The van der Waals surface area contributed by atoms with Gasteiger partial charge in [-0.2, -0.15) is 0 Å². The van der Waals surface area contributed by atoms with E-state index in [2.05, 4.69) is 15.9 Å². The van der Waals surface area contributed by atoms with Crippen LogP contribution in [0.25, 0.3) is 0 Å². The Kier molecular flexibility index (Phi) is 7.03. The molecule has 0 heterocycles. The number of rotatable bonds is 8. The molecular weight excluding hydrogens is 436 g/mol. The number of hydrogen-bond acceptors (Lipinski definition) is 5. The van der Waals surface area contributed by atoms with Gasteiger partial charge in [-0.3, -0.25) is 4.79 Å². The molecule has 0 bridgehead atoms. The second-order valence-corrected chi connectivity index (χ2v) is 7.03. The normalized spacial score (nSPS) is 10.3. The molecule has 0 amide bonds. The fourth-order valence-electron chi connectivity index (χ4n) is 2.75. The number of benzene rings is 3. The predicted molar refractivity (Wildman–Crippen MR) is 113 cm³/mol. The van der Waals surface area contributed by atoms with E-state index in [0.717, 1.165) is 5.56 Å². The minimum absolute atomic E-state index is 0.0743. The average molecular weight is 455 g/mol. The summed E-state index contributed by atoms with van der Waals surface area (Å²) in [4.78, 5) is 24.2.